The van der Waals surface area contributed by atoms with Gasteiger partial charge in [0.15, 0.2) is 0 Å². The average Bonchev–Trinajstić information content (AvgIpc) is 2.97. The van der Waals surface area contributed by atoms with Crippen molar-refractivity contribution in [2.45, 2.75) is 22.5 Å². The van der Waals surface area contributed by atoms with Gasteiger partial charge in [-0.1, -0.05) is 30.3 Å². The Morgan fingerprint density at radius 2 is 2.11 bits per heavy atom. The number of carbonyl (C=O) groups is 1. The highest BCUT2D eigenvalue weighted by Gasteiger charge is 2.39. The molecule has 2 nitrogen and oxygen atoms in total. The van der Waals surface area contributed by atoms with Crippen molar-refractivity contribution < 1.29 is 9.90 Å². The van der Waals surface area contributed by atoms with Crippen LogP contribution < -0.4 is 0 Å². The van der Waals surface area contributed by atoms with E-state index in [2.05, 4.69) is 24.3 Å². The summed E-state index contributed by atoms with van der Waals surface area (Å²) in [7, 11) is 0. The molecule has 1 fully saturated rings. The predicted octanol–water partition coefficient (Wildman–Crippen LogP) is 4.09. The number of hydrogen-bond acceptors (Lipinski definition) is 3. The van der Waals surface area contributed by atoms with Crippen LogP contribution in [-0.2, 0) is 0 Å². The maximum atomic E-state index is 10.8. The van der Waals surface area contributed by atoms with Crippen molar-refractivity contribution in [2.75, 3.05) is 0 Å². The van der Waals surface area contributed by atoms with Gasteiger partial charge in [0.2, 0.25) is 0 Å². The van der Waals surface area contributed by atoms with Crippen molar-refractivity contribution in [3.8, 4) is 0 Å². The molecule has 1 N–H and O–H groups in total. The number of aromatic carboxylic acids is 1. The molecule has 0 amide bonds. The topological polar surface area (TPSA) is 37.3 Å². The number of thioether (sulfide) groups is 1. The van der Waals surface area contributed by atoms with Gasteiger partial charge in [0.25, 0.3) is 0 Å². The minimum Gasteiger partial charge on any atom is -0.477 e. The van der Waals surface area contributed by atoms with E-state index in [0.29, 0.717) is 16.0 Å². The highest BCUT2D eigenvalue weighted by molar-refractivity contribution is 8.00. The molecule has 1 heterocycles. The van der Waals surface area contributed by atoms with Crippen LogP contribution in [0.3, 0.4) is 0 Å². The summed E-state index contributed by atoms with van der Waals surface area (Å²) in [5, 5.41) is 11.4. The molecular weight excluding hydrogens is 264 g/mol. The molecule has 2 unspecified atom stereocenters. The molecule has 2 atom stereocenters. The normalized spacial score (nSPS) is 21.8. The summed E-state index contributed by atoms with van der Waals surface area (Å²) in [5.41, 5.74) is 1.39. The first-order chi connectivity index (χ1) is 8.74. The number of hydrogen-bond donors (Lipinski definition) is 1. The van der Waals surface area contributed by atoms with Gasteiger partial charge in [-0.05, 0) is 24.0 Å². The monoisotopic (exact) mass is 276 g/mol. The fraction of sp³-hybridized carbons (Fsp3) is 0.214. The van der Waals surface area contributed by atoms with Crippen molar-refractivity contribution >= 4 is 29.1 Å². The lowest BCUT2D eigenvalue weighted by Gasteiger charge is -1.98. The molecule has 18 heavy (non-hydrogen) atoms. The molecule has 2 aromatic rings. The summed E-state index contributed by atoms with van der Waals surface area (Å²) in [6, 6.07) is 12.3. The summed E-state index contributed by atoms with van der Waals surface area (Å²) in [6.45, 7) is 0. The first kappa shape index (κ1) is 11.8. The summed E-state index contributed by atoms with van der Waals surface area (Å²) in [6.07, 6.45) is 1.19. The van der Waals surface area contributed by atoms with Crippen LogP contribution in [0.1, 0.15) is 27.6 Å². The van der Waals surface area contributed by atoms with E-state index in [-0.39, 0.29) is 0 Å². The first-order valence-corrected chi connectivity index (χ1v) is 7.53. The van der Waals surface area contributed by atoms with Gasteiger partial charge in [-0.3, -0.25) is 0 Å². The predicted molar refractivity (Wildman–Crippen MR) is 74.7 cm³/mol. The first-order valence-electron chi connectivity index (χ1n) is 5.77. The molecule has 1 saturated carbocycles. The Hall–Kier alpha value is -1.26. The lowest BCUT2D eigenvalue weighted by molar-refractivity contribution is 0.0702. The van der Waals surface area contributed by atoms with Crippen molar-refractivity contribution in [2.24, 2.45) is 0 Å². The molecule has 0 saturated heterocycles. The molecule has 0 radical (unpaired) electrons. The van der Waals surface area contributed by atoms with E-state index in [1.807, 2.05) is 11.4 Å². The molecule has 0 bridgehead atoms. The summed E-state index contributed by atoms with van der Waals surface area (Å²) >= 11 is 3.10. The highest BCUT2D eigenvalue weighted by atomic mass is 32.2. The van der Waals surface area contributed by atoms with Crippen molar-refractivity contribution in [3.63, 3.8) is 0 Å². The van der Waals surface area contributed by atoms with E-state index >= 15 is 0 Å². The molecule has 1 aliphatic carbocycles. The lowest BCUT2D eigenvalue weighted by atomic mass is 10.1. The molecule has 1 aliphatic rings. The zero-order chi connectivity index (χ0) is 12.5. The second-order valence-corrected chi connectivity index (χ2v) is 6.58. The fourth-order valence-corrected chi connectivity index (χ4v) is 4.23. The maximum Gasteiger partial charge on any atom is 0.345 e. The van der Waals surface area contributed by atoms with Gasteiger partial charge in [-0.25, -0.2) is 4.79 Å². The molecular formula is C14H12O2S2. The third kappa shape index (κ3) is 2.44. The molecule has 92 valence electrons. The summed E-state index contributed by atoms with van der Waals surface area (Å²) < 4.78 is 0. The number of carboxylic acid groups (broad SMARTS) is 1. The number of thiophene rings is 1. The molecule has 0 aliphatic heterocycles. The lowest BCUT2D eigenvalue weighted by Crippen LogP contribution is -1.90. The Balaban J connectivity index is 1.64. The van der Waals surface area contributed by atoms with E-state index in [0.717, 1.165) is 4.90 Å². The van der Waals surface area contributed by atoms with Crippen LogP contribution in [0.5, 0.6) is 0 Å². The zero-order valence-electron chi connectivity index (χ0n) is 9.58. The van der Waals surface area contributed by atoms with Gasteiger partial charge >= 0.3 is 5.97 Å². The van der Waals surface area contributed by atoms with Crippen molar-refractivity contribution in [3.05, 3.63) is 52.2 Å². The van der Waals surface area contributed by atoms with Crippen LogP contribution in [-0.4, -0.2) is 16.3 Å². The van der Waals surface area contributed by atoms with Gasteiger partial charge in [-0.2, -0.15) is 0 Å². The van der Waals surface area contributed by atoms with Gasteiger partial charge in [-0.15, -0.1) is 23.1 Å². The maximum absolute atomic E-state index is 10.8. The van der Waals surface area contributed by atoms with Crippen LogP contribution >= 0.6 is 23.1 Å². The van der Waals surface area contributed by atoms with Crippen LogP contribution in [0.25, 0.3) is 0 Å². The number of rotatable bonds is 4. The standard InChI is InChI=1S/C14H12O2S2/c15-14(16)13-6-10(8-17-13)18-12-7-11(12)9-4-2-1-3-5-9/h1-6,8,11-12H,7H2,(H,15,16). The number of carboxylic acids is 1. The van der Waals surface area contributed by atoms with Crippen molar-refractivity contribution in [1.29, 1.82) is 0 Å². The van der Waals surface area contributed by atoms with Crippen LogP contribution in [0, 0.1) is 0 Å². The van der Waals surface area contributed by atoms with Gasteiger partial charge in [0.1, 0.15) is 4.88 Å². The van der Waals surface area contributed by atoms with Crippen LogP contribution in [0.15, 0.2) is 46.7 Å². The number of benzene rings is 1. The van der Waals surface area contributed by atoms with Gasteiger partial charge in [0.05, 0.1) is 0 Å². The molecule has 3 rings (SSSR count). The molecule has 0 spiro atoms. The van der Waals surface area contributed by atoms with E-state index in [1.54, 1.807) is 17.8 Å². The smallest absolute Gasteiger partial charge is 0.345 e. The van der Waals surface area contributed by atoms with E-state index < -0.39 is 5.97 Å². The van der Waals surface area contributed by atoms with E-state index in [9.17, 15) is 4.79 Å². The largest absolute Gasteiger partial charge is 0.477 e. The second kappa shape index (κ2) is 4.78. The minimum absolute atomic E-state index is 0.425. The minimum atomic E-state index is -0.831. The Morgan fingerprint density at radius 1 is 1.33 bits per heavy atom. The third-order valence-electron chi connectivity index (χ3n) is 3.03. The van der Waals surface area contributed by atoms with E-state index in [4.69, 9.17) is 5.11 Å². The van der Waals surface area contributed by atoms with Crippen molar-refractivity contribution in [1.82, 2.24) is 0 Å². The third-order valence-corrected chi connectivity index (χ3v) is 5.43. The SMILES string of the molecule is O=C(O)c1cc(SC2CC2c2ccccc2)cs1. The fourth-order valence-electron chi connectivity index (χ4n) is 2.02. The van der Waals surface area contributed by atoms with Crippen LogP contribution in [0.2, 0.25) is 0 Å². The Morgan fingerprint density at radius 3 is 2.78 bits per heavy atom. The molecule has 4 heteroatoms. The summed E-state index contributed by atoms with van der Waals surface area (Å²) in [4.78, 5) is 12.3. The Kier molecular flexibility index (Phi) is 3.14. The highest BCUT2D eigenvalue weighted by Crippen LogP contribution is 2.52. The summed E-state index contributed by atoms with van der Waals surface area (Å²) in [5.74, 6) is -0.202. The van der Waals surface area contributed by atoms with Gasteiger partial charge < -0.3 is 5.11 Å². The van der Waals surface area contributed by atoms with Gasteiger partial charge in [0, 0.05) is 15.5 Å². The zero-order valence-corrected chi connectivity index (χ0v) is 11.2. The Labute approximate surface area is 114 Å². The quantitative estimate of drug-likeness (QED) is 0.913. The van der Waals surface area contributed by atoms with E-state index in [1.165, 1.54) is 23.3 Å². The second-order valence-electron chi connectivity index (χ2n) is 4.36. The average molecular weight is 276 g/mol. The Bertz CT molecular complexity index is 562. The molecule has 1 aromatic carbocycles. The molecule has 1 aromatic heterocycles. The van der Waals surface area contributed by atoms with Crippen LogP contribution in [0.4, 0.5) is 0 Å².